The van der Waals surface area contributed by atoms with Crippen LogP contribution in [-0.4, -0.2) is 68.4 Å². The van der Waals surface area contributed by atoms with Crippen LogP contribution in [0.2, 0.25) is 0 Å². The summed E-state index contributed by atoms with van der Waals surface area (Å²) in [6.45, 7) is 9.75. The molecule has 0 aliphatic carbocycles. The maximum absolute atomic E-state index is 12.3. The number of carbonyl (C=O) groups excluding carboxylic acids is 1. The van der Waals surface area contributed by atoms with Crippen molar-refractivity contribution in [2.75, 3.05) is 46.0 Å². The molecule has 2 fully saturated rings. The molecule has 1 amide bonds. The summed E-state index contributed by atoms with van der Waals surface area (Å²) >= 11 is 0. The van der Waals surface area contributed by atoms with E-state index in [1.807, 2.05) is 0 Å². The Balaban J connectivity index is 1.75. The number of nitrogens with two attached hydrogens (primary N) is 1. The predicted molar refractivity (Wildman–Crippen MR) is 81.0 cm³/mol. The molecular formula is C15H29N3O3. The quantitative estimate of drug-likeness (QED) is 0.745. The van der Waals surface area contributed by atoms with Gasteiger partial charge < -0.3 is 20.5 Å². The zero-order valence-corrected chi connectivity index (χ0v) is 13.3. The van der Waals surface area contributed by atoms with E-state index in [1.54, 1.807) is 0 Å². The van der Waals surface area contributed by atoms with Gasteiger partial charge in [0, 0.05) is 39.4 Å². The molecular weight excluding hydrogens is 270 g/mol. The molecule has 0 spiro atoms. The lowest BCUT2D eigenvalue weighted by Gasteiger charge is -2.35. The molecule has 1 atom stereocenters. The van der Waals surface area contributed by atoms with Crippen molar-refractivity contribution in [3.8, 4) is 0 Å². The zero-order valence-electron chi connectivity index (χ0n) is 13.3. The van der Waals surface area contributed by atoms with Crippen LogP contribution in [0.15, 0.2) is 0 Å². The molecule has 2 aliphatic heterocycles. The second-order valence-corrected chi connectivity index (χ2v) is 6.62. The molecule has 0 saturated carbocycles. The van der Waals surface area contributed by atoms with Crippen molar-refractivity contribution >= 4 is 5.91 Å². The molecule has 0 bridgehead atoms. The normalized spacial score (nSPS) is 26.8. The van der Waals surface area contributed by atoms with Crippen molar-refractivity contribution in [2.24, 2.45) is 11.7 Å². The lowest BCUT2D eigenvalue weighted by Crippen LogP contribution is -2.58. The molecule has 0 aromatic rings. The summed E-state index contributed by atoms with van der Waals surface area (Å²) in [6, 6.07) is 0. The van der Waals surface area contributed by atoms with Gasteiger partial charge in [0.1, 0.15) is 0 Å². The number of nitrogens with zero attached hydrogens (tertiary/aromatic N) is 1. The topological polar surface area (TPSA) is 76.8 Å². The lowest BCUT2D eigenvalue weighted by molar-refractivity contribution is -0.131. The van der Waals surface area contributed by atoms with E-state index in [1.165, 1.54) is 0 Å². The molecule has 21 heavy (non-hydrogen) atoms. The van der Waals surface area contributed by atoms with Crippen LogP contribution in [0.1, 0.15) is 26.7 Å². The number of hydrogen-bond acceptors (Lipinski definition) is 5. The van der Waals surface area contributed by atoms with Crippen LogP contribution in [0.5, 0.6) is 0 Å². The van der Waals surface area contributed by atoms with E-state index in [9.17, 15) is 4.79 Å². The standard InChI is InChI=1S/C15H29N3O3/c1-12(2)10-18-5-8-21-13(11-18)9-17-14(19)15(16)3-6-20-7-4-15/h12-13H,3-11,16H2,1-2H3,(H,17,19). The number of ether oxygens (including phenoxy) is 2. The van der Waals surface area contributed by atoms with Crippen LogP contribution in [0.25, 0.3) is 0 Å². The van der Waals surface area contributed by atoms with Gasteiger partial charge >= 0.3 is 0 Å². The second kappa shape index (κ2) is 7.54. The van der Waals surface area contributed by atoms with E-state index in [2.05, 4.69) is 24.1 Å². The SMILES string of the molecule is CC(C)CN1CCOC(CNC(=O)C2(N)CCOCC2)C1. The van der Waals surface area contributed by atoms with Gasteiger partial charge in [-0.25, -0.2) is 0 Å². The number of morpholine rings is 1. The summed E-state index contributed by atoms with van der Waals surface area (Å²) in [5.41, 5.74) is 5.39. The summed E-state index contributed by atoms with van der Waals surface area (Å²) in [7, 11) is 0. The van der Waals surface area contributed by atoms with Gasteiger partial charge in [-0.15, -0.1) is 0 Å². The van der Waals surface area contributed by atoms with Gasteiger partial charge in [-0.05, 0) is 18.8 Å². The monoisotopic (exact) mass is 299 g/mol. The summed E-state index contributed by atoms with van der Waals surface area (Å²) in [6.07, 6.45) is 1.23. The smallest absolute Gasteiger partial charge is 0.240 e. The first-order chi connectivity index (χ1) is 9.99. The molecule has 6 heteroatoms. The fourth-order valence-electron chi connectivity index (χ4n) is 2.93. The highest BCUT2D eigenvalue weighted by Gasteiger charge is 2.36. The third kappa shape index (κ3) is 4.92. The molecule has 0 aromatic heterocycles. The first kappa shape index (κ1) is 16.7. The third-order valence-corrected chi connectivity index (χ3v) is 4.17. The van der Waals surface area contributed by atoms with Crippen molar-refractivity contribution in [2.45, 2.75) is 38.3 Å². The summed E-state index contributed by atoms with van der Waals surface area (Å²) in [4.78, 5) is 14.7. The van der Waals surface area contributed by atoms with Crippen LogP contribution in [0.4, 0.5) is 0 Å². The van der Waals surface area contributed by atoms with Crippen LogP contribution < -0.4 is 11.1 Å². The van der Waals surface area contributed by atoms with E-state index in [4.69, 9.17) is 15.2 Å². The first-order valence-electron chi connectivity index (χ1n) is 7.98. The molecule has 0 aromatic carbocycles. The molecule has 2 aliphatic rings. The van der Waals surface area contributed by atoms with Gasteiger partial charge in [-0.2, -0.15) is 0 Å². The Morgan fingerprint density at radius 3 is 2.76 bits per heavy atom. The molecule has 122 valence electrons. The predicted octanol–water partition coefficient (Wildman–Crippen LogP) is -0.0327. The van der Waals surface area contributed by atoms with E-state index in [0.29, 0.717) is 38.5 Å². The third-order valence-electron chi connectivity index (χ3n) is 4.17. The number of hydrogen-bond donors (Lipinski definition) is 2. The first-order valence-corrected chi connectivity index (χ1v) is 7.98. The van der Waals surface area contributed by atoms with E-state index in [-0.39, 0.29) is 12.0 Å². The summed E-state index contributed by atoms with van der Waals surface area (Å²) < 4.78 is 11.0. The summed E-state index contributed by atoms with van der Waals surface area (Å²) in [5.74, 6) is 0.572. The number of rotatable bonds is 5. The Morgan fingerprint density at radius 1 is 1.38 bits per heavy atom. The molecule has 1 unspecified atom stereocenters. The van der Waals surface area contributed by atoms with Gasteiger partial charge in [0.25, 0.3) is 0 Å². The molecule has 2 heterocycles. The van der Waals surface area contributed by atoms with Crippen LogP contribution >= 0.6 is 0 Å². The maximum Gasteiger partial charge on any atom is 0.240 e. The maximum atomic E-state index is 12.3. The Morgan fingerprint density at radius 2 is 2.10 bits per heavy atom. The molecule has 2 rings (SSSR count). The number of amides is 1. The fourth-order valence-corrected chi connectivity index (χ4v) is 2.93. The van der Waals surface area contributed by atoms with Crippen LogP contribution in [-0.2, 0) is 14.3 Å². The van der Waals surface area contributed by atoms with Crippen molar-refractivity contribution in [3.05, 3.63) is 0 Å². The average molecular weight is 299 g/mol. The largest absolute Gasteiger partial charge is 0.381 e. The average Bonchev–Trinajstić information content (AvgIpc) is 2.45. The molecule has 2 saturated heterocycles. The van der Waals surface area contributed by atoms with Gasteiger partial charge in [0.15, 0.2) is 0 Å². The zero-order chi connectivity index (χ0) is 15.3. The van der Waals surface area contributed by atoms with Gasteiger partial charge in [0.05, 0.1) is 18.2 Å². The Kier molecular flexibility index (Phi) is 5.98. The van der Waals surface area contributed by atoms with Gasteiger partial charge in [-0.1, -0.05) is 13.8 Å². The second-order valence-electron chi connectivity index (χ2n) is 6.62. The van der Waals surface area contributed by atoms with Crippen molar-refractivity contribution in [3.63, 3.8) is 0 Å². The summed E-state index contributed by atoms with van der Waals surface area (Å²) in [5, 5.41) is 2.97. The van der Waals surface area contributed by atoms with E-state index in [0.717, 1.165) is 26.2 Å². The Hall–Kier alpha value is -0.690. The fraction of sp³-hybridized carbons (Fsp3) is 0.933. The van der Waals surface area contributed by atoms with Crippen LogP contribution in [0, 0.1) is 5.92 Å². The Labute approximate surface area is 127 Å². The van der Waals surface area contributed by atoms with E-state index < -0.39 is 5.54 Å². The minimum atomic E-state index is -0.773. The van der Waals surface area contributed by atoms with Crippen molar-refractivity contribution in [1.82, 2.24) is 10.2 Å². The lowest BCUT2D eigenvalue weighted by atomic mass is 9.90. The molecule has 6 nitrogen and oxygen atoms in total. The minimum absolute atomic E-state index is 0.0601. The Bertz CT molecular complexity index is 343. The highest BCUT2D eigenvalue weighted by Crippen LogP contribution is 2.17. The van der Waals surface area contributed by atoms with Crippen molar-refractivity contribution in [1.29, 1.82) is 0 Å². The van der Waals surface area contributed by atoms with Gasteiger partial charge in [-0.3, -0.25) is 9.69 Å². The highest BCUT2D eigenvalue weighted by atomic mass is 16.5. The molecule has 3 N–H and O–H groups in total. The van der Waals surface area contributed by atoms with Gasteiger partial charge in [0.2, 0.25) is 5.91 Å². The molecule has 0 radical (unpaired) electrons. The van der Waals surface area contributed by atoms with Crippen LogP contribution in [0.3, 0.4) is 0 Å². The van der Waals surface area contributed by atoms with Crippen molar-refractivity contribution < 1.29 is 14.3 Å². The number of nitrogens with one attached hydrogen (secondary N) is 1. The van der Waals surface area contributed by atoms with E-state index >= 15 is 0 Å². The highest BCUT2D eigenvalue weighted by molar-refractivity contribution is 5.86. The number of carbonyl (C=O) groups is 1. The minimum Gasteiger partial charge on any atom is -0.381 e.